The number of amides is 1. The van der Waals surface area contributed by atoms with Gasteiger partial charge in [-0.05, 0) is 30.5 Å². The van der Waals surface area contributed by atoms with Gasteiger partial charge in [0.05, 0.1) is 0 Å². The van der Waals surface area contributed by atoms with Gasteiger partial charge < -0.3 is 9.80 Å². The Hall–Kier alpha value is -2.47. The summed E-state index contributed by atoms with van der Waals surface area (Å²) in [6.07, 6.45) is 6.27. The van der Waals surface area contributed by atoms with Crippen molar-refractivity contribution in [1.29, 1.82) is 0 Å². The monoisotopic (exact) mass is 351 g/mol. The first-order valence-corrected chi connectivity index (χ1v) is 9.44. The zero-order valence-corrected chi connectivity index (χ0v) is 15.0. The predicted molar refractivity (Wildman–Crippen MR) is 102 cm³/mol. The minimum Gasteiger partial charge on any atom is -0.338 e. The van der Waals surface area contributed by atoms with E-state index in [0.29, 0.717) is 6.42 Å². The largest absolute Gasteiger partial charge is 0.338 e. The molecule has 0 saturated carbocycles. The molecule has 136 valence electrons. The number of aryl methyl sites for hydroxylation is 1. The molecule has 1 amide bonds. The third kappa shape index (κ3) is 3.70. The van der Waals surface area contributed by atoms with Crippen molar-refractivity contribution in [2.75, 3.05) is 49.1 Å². The van der Waals surface area contributed by atoms with Gasteiger partial charge in [0.2, 0.25) is 11.9 Å². The molecule has 2 aliphatic rings. The predicted octanol–water partition coefficient (Wildman–Crippen LogP) is 1.97. The van der Waals surface area contributed by atoms with E-state index in [1.165, 1.54) is 5.56 Å². The van der Waals surface area contributed by atoms with Gasteiger partial charge in [-0.25, -0.2) is 9.97 Å². The summed E-state index contributed by atoms with van der Waals surface area (Å²) >= 11 is 0. The molecule has 4 rings (SSSR count). The molecule has 0 bridgehead atoms. The lowest BCUT2D eigenvalue weighted by molar-refractivity contribution is -0.119. The minimum atomic E-state index is 0.242. The summed E-state index contributed by atoms with van der Waals surface area (Å²) in [6, 6.07) is 10.1. The number of para-hydroxylation sites is 1. The van der Waals surface area contributed by atoms with Crippen molar-refractivity contribution in [1.82, 2.24) is 14.9 Å². The molecule has 26 heavy (non-hydrogen) atoms. The lowest BCUT2D eigenvalue weighted by Gasteiger charge is -2.35. The third-order valence-electron chi connectivity index (χ3n) is 5.26. The fraction of sp³-hybridized carbons (Fsp3) is 0.450. The highest BCUT2D eigenvalue weighted by molar-refractivity contribution is 5.94. The summed E-state index contributed by atoms with van der Waals surface area (Å²) in [6.45, 7) is 5.37. The van der Waals surface area contributed by atoms with Crippen molar-refractivity contribution in [2.24, 2.45) is 0 Å². The Morgan fingerprint density at radius 3 is 2.54 bits per heavy atom. The lowest BCUT2D eigenvalue weighted by atomic mass is 10.0. The van der Waals surface area contributed by atoms with Gasteiger partial charge in [-0.3, -0.25) is 9.69 Å². The van der Waals surface area contributed by atoms with E-state index in [1.807, 2.05) is 17.0 Å². The zero-order valence-electron chi connectivity index (χ0n) is 15.0. The second-order valence-corrected chi connectivity index (χ2v) is 6.91. The number of hydrogen-bond donors (Lipinski definition) is 0. The highest BCUT2D eigenvalue weighted by atomic mass is 16.2. The summed E-state index contributed by atoms with van der Waals surface area (Å²) in [4.78, 5) is 28.0. The second kappa shape index (κ2) is 7.83. The van der Waals surface area contributed by atoms with E-state index in [1.54, 1.807) is 12.4 Å². The van der Waals surface area contributed by atoms with Gasteiger partial charge in [0, 0.05) is 63.8 Å². The van der Waals surface area contributed by atoms with Crippen LogP contribution in [-0.2, 0) is 11.2 Å². The SMILES string of the molecule is O=C(CCN1CCN(c2ncccn2)CC1)N1CCCc2ccccc21. The van der Waals surface area contributed by atoms with Crippen LogP contribution >= 0.6 is 0 Å². The van der Waals surface area contributed by atoms with Crippen molar-refractivity contribution in [3.8, 4) is 0 Å². The van der Waals surface area contributed by atoms with Crippen LogP contribution in [0.3, 0.4) is 0 Å². The van der Waals surface area contributed by atoms with Crippen LogP contribution in [0.1, 0.15) is 18.4 Å². The van der Waals surface area contributed by atoms with E-state index >= 15 is 0 Å². The molecule has 2 aromatic rings. The van der Waals surface area contributed by atoms with Gasteiger partial charge in [-0.15, -0.1) is 0 Å². The maximum atomic E-state index is 12.8. The average Bonchev–Trinajstić information content (AvgIpc) is 2.72. The van der Waals surface area contributed by atoms with Crippen LogP contribution in [0.5, 0.6) is 0 Å². The van der Waals surface area contributed by atoms with E-state index in [0.717, 1.165) is 63.7 Å². The van der Waals surface area contributed by atoms with Crippen molar-refractivity contribution in [3.63, 3.8) is 0 Å². The zero-order chi connectivity index (χ0) is 17.8. The summed E-state index contributed by atoms with van der Waals surface area (Å²) in [7, 11) is 0. The Kier molecular flexibility index (Phi) is 5.11. The van der Waals surface area contributed by atoms with Gasteiger partial charge in [-0.1, -0.05) is 18.2 Å². The molecule has 3 heterocycles. The highest BCUT2D eigenvalue weighted by Gasteiger charge is 2.24. The number of nitrogens with zero attached hydrogens (tertiary/aromatic N) is 5. The average molecular weight is 351 g/mol. The second-order valence-electron chi connectivity index (χ2n) is 6.91. The van der Waals surface area contributed by atoms with Crippen molar-refractivity contribution < 1.29 is 4.79 Å². The van der Waals surface area contributed by atoms with Gasteiger partial charge in [0.25, 0.3) is 0 Å². The van der Waals surface area contributed by atoms with Gasteiger partial charge in [0.15, 0.2) is 0 Å². The van der Waals surface area contributed by atoms with E-state index < -0.39 is 0 Å². The first-order valence-electron chi connectivity index (χ1n) is 9.44. The number of anilines is 2. The summed E-state index contributed by atoms with van der Waals surface area (Å²) in [5, 5.41) is 0. The fourth-order valence-electron chi connectivity index (χ4n) is 3.81. The Balaban J connectivity index is 1.28. The molecule has 1 fully saturated rings. The van der Waals surface area contributed by atoms with Crippen LogP contribution in [-0.4, -0.2) is 60.0 Å². The molecule has 0 unspecified atom stereocenters. The van der Waals surface area contributed by atoms with E-state index in [2.05, 4.69) is 38.0 Å². The van der Waals surface area contributed by atoms with Crippen LogP contribution < -0.4 is 9.80 Å². The van der Waals surface area contributed by atoms with Crippen molar-refractivity contribution >= 4 is 17.5 Å². The third-order valence-corrected chi connectivity index (χ3v) is 5.26. The molecule has 0 N–H and O–H groups in total. The first-order chi connectivity index (χ1) is 12.8. The fourth-order valence-corrected chi connectivity index (χ4v) is 3.81. The quantitative estimate of drug-likeness (QED) is 0.843. The highest BCUT2D eigenvalue weighted by Crippen LogP contribution is 2.27. The number of rotatable bonds is 4. The maximum absolute atomic E-state index is 12.8. The molecule has 6 nitrogen and oxygen atoms in total. The van der Waals surface area contributed by atoms with Crippen molar-refractivity contribution in [3.05, 3.63) is 48.3 Å². The maximum Gasteiger partial charge on any atom is 0.228 e. The van der Waals surface area contributed by atoms with Gasteiger partial charge in [0.1, 0.15) is 0 Å². The molecule has 1 aromatic carbocycles. The Morgan fingerprint density at radius 1 is 0.962 bits per heavy atom. The molecule has 6 heteroatoms. The summed E-state index contributed by atoms with van der Waals surface area (Å²) in [5.74, 6) is 1.04. The molecular formula is C20H25N5O. The Bertz CT molecular complexity index is 743. The van der Waals surface area contributed by atoms with Crippen LogP contribution in [0.25, 0.3) is 0 Å². The molecule has 1 aromatic heterocycles. The number of benzene rings is 1. The summed E-state index contributed by atoms with van der Waals surface area (Å²) in [5.41, 5.74) is 2.40. The van der Waals surface area contributed by atoms with Crippen LogP contribution in [0, 0.1) is 0 Å². The molecular weight excluding hydrogens is 326 g/mol. The Morgan fingerprint density at radius 2 is 1.73 bits per heavy atom. The molecule has 0 aliphatic carbocycles. The number of piperazine rings is 1. The number of aromatic nitrogens is 2. The van der Waals surface area contributed by atoms with Crippen LogP contribution in [0.4, 0.5) is 11.6 Å². The van der Waals surface area contributed by atoms with E-state index in [4.69, 9.17) is 0 Å². The number of fused-ring (bicyclic) bond motifs is 1. The Labute approximate surface area is 154 Å². The summed E-state index contributed by atoms with van der Waals surface area (Å²) < 4.78 is 0. The molecule has 0 spiro atoms. The van der Waals surface area contributed by atoms with Crippen LogP contribution in [0.2, 0.25) is 0 Å². The minimum absolute atomic E-state index is 0.242. The molecule has 0 atom stereocenters. The van der Waals surface area contributed by atoms with E-state index in [-0.39, 0.29) is 5.91 Å². The van der Waals surface area contributed by atoms with Gasteiger partial charge >= 0.3 is 0 Å². The number of hydrogen-bond acceptors (Lipinski definition) is 5. The standard InChI is InChI=1S/C20H25N5O/c26-19(25-11-3-6-17-5-1-2-7-18(17)25)8-12-23-13-15-24(16-14-23)20-21-9-4-10-22-20/h1-2,4-5,7,9-10H,3,6,8,11-16H2. The first kappa shape index (κ1) is 17.0. The number of carbonyl (C=O) groups is 1. The molecule has 0 radical (unpaired) electrons. The van der Waals surface area contributed by atoms with Crippen LogP contribution in [0.15, 0.2) is 42.7 Å². The normalized spacial score (nSPS) is 17.8. The number of carbonyl (C=O) groups excluding carboxylic acids is 1. The van der Waals surface area contributed by atoms with E-state index in [9.17, 15) is 4.79 Å². The molecule has 2 aliphatic heterocycles. The lowest BCUT2D eigenvalue weighted by Crippen LogP contribution is -2.48. The van der Waals surface area contributed by atoms with Gasteiger partial charge in [-0.2, -0.15) is 0 Å². The topological polar surface area (TPSA) is 52.6 Å². The molecule has 1 saturated heterocycles. The smallest absolute Gasteiger partial charge is 0.228 e. The van der Waals surface area contributed by atoms with Crippen molar-refractivity contribution in [2.45, 2.75) is 19.3 Å².